The van der Waals surface area contributed by atoms with Gasteiger partial charge in [-0.15, -0.1) is 10.2 Å². The van der Waals surface area contributed by atoms with Crippen LogP contribution in [0.3, 0.4) is 0 Å². The van der Waals surface area contributed by atoms with Gasteiger partial charge in [0.05, 0.1) is 0 Å². The maximum Gasteiger partial charge on any atom is 0.243 e. The van der Waals surface area contributed by atoms with Gasteiger partial charge < -0.3 is 14.8 Å². The molecule has 1 atom stereocenters. The molecule has 1 saturated heterocycles. The van der Waals surface area contributed by atoms with Crippen molar-refractivity contribution in [2.75, 3.05) is 13.1 Å². The van der Waals surface area contributed by atoms with Crippen LogP contribution in [0.2, 0.25) is 0 Å². The maximum atomic E-state index is 13.1. The zero-order chi connectivity index (χ0) is 20.7. The second kappa shape index (κ2) is 7.81. The van der Waals surface area contributed by atoms with Crippen LogP contribution in [0.1, 0.15) is 61.3 Å². The molecule has 0 spiro atoms. The van der Waals surface area contributed by atoms with E-state index in [9.17, 15) is 14.0 Å². The topological polar surface area (TPSA) is 80.1 Å². The Hall–Kier alpha value is -2.77. The summed E-state index contributed by atoms with van der Waals surface area (Å²) >= 11 is 0. The van der Waals surface area contributed by atoms with Crippen LogP contribution < -0.4 is 5.32 Å². The van der Waals surface area contributed by atoms with E-state index >= 15 is 0 Å². The lowest BCUT2D eigenvalue weighted by Crippen LogP contribution is -2.39. The van der Waals surface area contributed by atoms with E-state index in [0.29, 0.717) is 18.9 Å². The van der Waals surface area contributed by atoms with Crippen molar-refractivity contribution in [3.05, 3.63) is 47.3 Å². The number of halogens is 1. The molecule has 1 aromatic heterocycles. The first-order chi connectivity index (χ1) is 14.6. The standard InChI is InChI=1S/C22H26FN5O2/c23-17-5-1-14(2-6-17)13-24-21(29)18-7-8-19-25-26-20(28(18)19)15-9-11-27(12-10-15)22(30)16-3-4-16/h1-2,5-6,15-16,18H,3-4,7-13H2,(H,24,29). The van der Waals surface area contributed by atoms with Crippen LogP contribution in [0.4, 0.5) is 4.39 Å². The van der Waals surface area contributed by atoms with Gasteiger partial charge in [-0.2, -0.15) is 0 Å². The van der Waals surface area contributed by atoms with E-state index in [2.05, 4.69) is 15.5 Å². The van der Waals surface area contributed by atoms with E-state index in [1.807, 2.05) is 9.47 Å². The summed E-state index contributed by atoms with van der Waals surface area (Å²) in [6.45, 7) is 1.87. The van der Waals surface area contributed by atoms with Crippen LogP contribution in [-0.4, -0.2) is 44.6 Å². The molecule has 2 fully saturated rings. The number of likely N-dealkylation sites (tertiary alicyclic amines) is 1. The molecule has 1 N–H and O–H groups in total. The van der Waals surface area contributed by atoms with Crippen LogP contribution in [-0.2, 0) is 22.6 Å². The Morgan fingerprint density at radius 3 is 2.47 bits per heavy atom. The zero-order valence-electron chi connectivity index (χ0n) is 16.9. The molecule has 1 saturated carbocycles. The second-order valence-electron chi connectivity index (χ2n) is 8.62. The van der Waals surface area contributed by atoms with E-state index in [-0.39, 0.29) is 29.6 Å². The van der Waals surface area contributed by atoms with Crippen LogP contribution in [0.25, 0.3) is 0 Å². The first-order valence-electron chi connectivity index (χ1n) is 10.8. The molecule has 8 heteroatoms. The minimum atomic E-state index is -0.309. The molecule has 1 unspecified atom stereocenters. The fourth-order valence-corrected chi connectivity index (χ4v) is 4.62. The maximum absolute atomic E-state index is 13.1. The first-order valence-corrected chi connectivity index (χ1v) is 10.8. The highest BCUT2D eigenvalue weighted by atomic mass is 19.1. The summed E-state index contributed by atoms with van der Waals surface area (Å²) in [5.41, 5.74) is 0.861. The number of fused-ring (bicyclic) bond motifs is 1. The average molecular weight is 411 g/mol. The van der Waals surface area contributed by atoms with Crippen LogP contribution in [0.5, 0.6) is 0 Å². The lowest BCUT2D eigenvalue weighted by Gasteiger charge is -2.32. The highest BCUT2D eigenvalue weighted by molar-refractivity contribution is 5.81. The van der Waals surface area contributed by atoms with Crippen molar-refractivity contribution >= 4 is 11.8 Å². The van der Waals surface area contributed by atoms with E-state index in [0.717, 1.165) is 62.4 Å². The Balaban J connectivity index is 1.24. The summed E-state index contributed by atoms with van der Waals surface area (Å²) < 4.78 is 15.1. The number of rotatable bonds is 5. The summed E-state index contributed by atoms with van der Waals surface area (Å²) in [6.07, 6.45) is 5.24. The number of hydrogen-bond acceptors (Lipinski definition) is 4. The largest absolute Gasteiger partial charge is 0.350 e. The van der Waals surface area contributed by atoms with Gasteiger partial charge in [-0.3, -0.25) is 9.59 Å². The number of nitrogens with one attached hydrogen (secondary N) is 1. The molecule has 7 nitrogen and oxygen atoms in total. The van der Waals surface area contributed by atoms with Gasteiger partial charge in [0.15, 0.2) is 0 Å². The minimum Gasteiger partial charge on any atom is -0.350 e. The van der Waals surface area contributed by atoms with Crippen molar-refractivity contribution in [3.8, 4) is 0 Å². The Morgan fingerprint density at radius 2 is 1.77 bits per heavy atom. The molecular formula is C22H26FN5O2. The molecule has 0 radical (unpaired) electrons. The molecule has 2 aliphatic heterocycles. The van der Waals surface area contributed by atoms with Gasteiger partial charge in [0.2, 0.25) is 11.8 Å². The number of carbonyl (C=O) groups excluding carboxylic acids is 2. The van der Waals surface area contributed by atoms with E-state index in [4.69, 9.17) is 0 Å². The smallest absolute Gasteiger partial charge is 0.243 e. The summed E-state index contributed by atoms with van der Waals surface area (Å²) in [6, 6.07) is 5.84. The average Bonchev–Trinajstić information content (AvgIpc) is 3.40. The van der Waals surface area contributed by atoms with E-state index < -0.39 is 0 Å². The van der Waals surface area contributed by atoms with Gasteiger partial charge in [-0.1, -0.05) is 12.1 Å². The summed E-state index contributed by atoms with van der Waals surface area (Å²) in [4.78, 5) is 27.2. The van der Waals surface area contributed by atoms with Gasteiger partial charge in [0.25, 0.3) is 0 Å². The van der Waals surface area contributed by atoms with Gasteiger partial charge in [0, 0.05) is 37.9 Å². The number of carbonyl (C=O) groups is 2. The lowest BCUT2D eigenvalue weighted by atomic mass is 9.95. The molecular weight excluding hydrogens is 385 g/mol. The Morgan fingerprint density at radius 1 is 1.03 bits per heavy atom. The Labute approximate surface area is 174 Å². The van der Waals surface area contributed by atoms with Crippen molar-refractivity contribution in [3.63, 3.8) is 0 Å². The molecule has 1 aliphatic carbocycles. The summed E-state index contributed by atoms with van der Waals surface area (Å²) in [7, 11) is 0. The predicted octanol–water partition coefficient (Wildman–Crippen LogP) is 2.34. The number of aromatic nitrogens is 3. The fraction of sp³-hybridized carbons (Fsp3) is 0.545. The Kier molecular flexibility index (Phi) is 5.00. The number of piperidine rings is 1. The molecule has 0 bridgehead atoms. The monoisotopic (exact) mass is 411 g/mol. The highest BCUT2D eigenvalue weighted by Crippen LogP contribution is 2.36. The quantitative estimate of drug-likeness (QED) is 0.819. The number of benzene rings is 1. The molecule has 2 amide bonds. The lowest BCUT2D eigenvalue weighted by molar-refractivity contribution is -0.133. The summed E-state index contributed by atoms with van der Waals surface area (Å²) in [5, 5.41) is 11.7. The predicted molar refractivity (Wildman–Crippen MR) is 107 cm³/mol. The van der Waals surface area contributed by atoms with Crippen molar-refractivity contribution in [1.29, 1.82) is 0 Å². The molecule has 5 rings (SSSR count). The van der Waals surface area contributed by atoms with Gasteiger partial charge in [0.1, 0.15) is 23.5 Å². The first kappa shape index (κ1) is 19.2. The van der Waals surface area contributed by atoms with Crippen molar-refractivity contribution < 1.29 is 14.0 Å². The van der Waals surface area contributed by atoms with Crippen LogP contribution in [0.15, 0.2) is 24.3 Å². The number of hydrogen-bond donors (Lipinski definition) is 1. The molecule has 30 heavy (non-hydrogen) atoms. The zero-order valence-corrected chi connectivity index (χ0v) is 16.9. The van der Waals surface area contributed by atoms with E-state index in [1.54, 1.807) is 12.1 Å². The molecule has 1 aromatic carbocycles. The van der Waals surface area contributed by atoms with E-state index in [1.165, 1.54) is 12.1 Å². The third-order valence-corrected chi connectivity index (χ3v) is 6.53. The summed E-state index contributed by atoms with van der Waals surface area (Å²) in [5.74, 6) is 2.18. The van der Waals surface area contributed by atoms with Crippen molar-refractivity contribution in [2.24, 2.45) is 5.92 Å². The molecule has 2 aromatic rings. The van der Waals surface area contributed by atoms with Crippen LogP contribution in [0, 0.1) is 11.7 Å². The number of aryl methyl sites for hydroxylation is 1. The van der Waals surface area contributed by atoms with Crippen LogP contribution >= 0.6 is 0 Å². The fourth-order valence-electron chi connectivity index (χ4n) is 4.62. The van der Waals surface area contributed by atoms with Crippen molar-refractivity contribution in [1.82, 2.24) is 25.0 Å². The van der Waals surface area contributed by atoms with Gasteiger partial charge in [-0.25, -0.2) is 4.39 Å². The molecule has 3 aliphatic rings. The third kappa shape index (κ3) is 3.70. The molecule has 158 valence electrons. The number of nitrogens with zero attached hydrogens (tertiary/aromatic N) is 4. The Bertz CT molecular complexity index is 945. The van der Waals surface area contributed by atoms with Crippen molar-refractivity contribution in [2.45, 2.75) is 57.0 Å². The normalized spacial score (nSPS) is 21.5. The molecule has 3 heterocycles. The van der Waals surface area contributed by atoms with Gasteiger partial charge in [-0.05, 0) is 49.8 Å². The number of amides is 2. The second-order valence-corrected chi connectivity index (χ2v) is 8.62. The highest BCUT2D eigenvalue weighted by Gasteiger charge is 2.38. The third-order valence-electron chi connectivity index (χ3n) is 6.53. The minimum absolute atomic E-state index is 0.0551. The SMILES string of the molecule is O=C(NCc1ccc(F)cc1)C1CCc2nnc(C3CCN(C(=O)C4CC4)CC3)n21. The van der Waals surface area contributed by atoms with Gasteiger partial charge >= 0.3 is 0 Å².